The maximum absolute atomic E-state index is 11.9. The molecule has 0 saturated heterocycles. The maximum Gasteiger partial charge on any atom is 0.178 e. The fourth-order valence-electron chi connectivity index (χ4n) is 6.99. The molecular formula is C25H30OS. The average Bonchev–Trinajstić information content (AvgIpc) is 3.12. The highest BCUT2D eigenvalue weighted by Crippen LogP contribution is 2.65. The van der Waals surface area contributed by atoms with Crippen LogP contribution in [0.15, 0.2) is 59.0 Å². The molecule has 4 aliphatic rings. The molecule has 0 radical (unpaired) electrons. The molecule has 1 nitrogen and oxygen atoms in total. The predicted molar refractivity (Wildman–Crippen MR) is 113 cm³/mol. The SMILES string of the molecule is C[C@]12C=CC(=O)C=C1CC[C@H]1[C@@H]3CCC[C@@]3(CSc3ccccc3)CC[C@@H]12. The Morgan fingerprint density at radius 1 is 1.07 bits per heavy atom. The first-order chi connectivity index (χ1) is 13.1. The zero-order chi connectivity index (χ0) is 18.5. The van der Waals surface area contributed by atoms with Crippen molar-refractivity contribution in [3.63, 3.8) is 0 Å². The number of carbonyl (C=O) groups excluding carboxylic acids is 1. The van der Waals surface area contributed by atoms with Crippen molar-refractivity contribution in [2.45, 2.75) is 56.8 Å². The van der Waals surface area contributed by atoms with Crippen LogP contribution in [0, 0.1) is 28.6 Å². The van der Waals surface area contributed by atoms with E-state index in [4.69, 9.17) is 0 Å². The third-order valence-electron chi connectivity index (χ3n) is 8.35. The van der Waals surface area contributed by atoms with E-state index in [0.29, 0.717) is 5.41 Å². The summed E-state index contributed by atoms with van der Waals surface area (Å²) in [5, 5.41) is 0. The minimum absolute atomic E-state index is 0.137. The van der Waals surface area contributed by atoms with Gasteiger partial charge >= 0.3 is 0 Å². The first-order valence-corrected chi connectivity index (χ1v) is 11.7. The second kappa shape index (κ2) is 6.65. The summed E-state index contributed by atoms with van der Waals surface area (Å²) in [5.74, 6) is 3.96. The lowest BCUT2D eigenvalue weighted by Gasteiger charge is -2.57. The van der Waals surface area contributed by atoms with E-state index in [-0.39, 0.29) is 11.2 Å². The summed E-state index contributed by atoms with van der Waals surface area (Å²) in [4.78, 5) is 13.3. The van der Waals surface area contributed by atoms with Crippen molar-refractivity contribution in [3.05, 3.63) is 54.1 Å². The van der Waals surface area contributed by atoms with Crippen LogP contribution in [0.2, 0.25) is 0 Å². The predicted octanol–water partition coefficient (Wildman–Crippen LogP) is 6.46. The third-order valence-corrected chi connectivity index (χ3v) is 9.68. The molecule has 0 bridgehead atoms. The number of hydrogen-bond donors (Lipinski definition) is 0. The number of rotatable bonds is 3. The topological polar surface area (TPSA) is 17.1 Å². The van der Waals surface area contributed by atoms with Crippen LogP contribution in [0.5, 0.6) is 0 Å². The average molecular weight is 379 g/mol. The van der Waals surface area contributed by atoms with Crippen LogP contribution >= 0.6 is 11.8 Å². The normalized spacial score (nSPS) is 40.1. The smallest absolute Gasteiger partial charge is 0.178 e. The highest BCUT2D eigenvalue weighted by molar-refractivity contribution is 7.99. The Balaban J connectivity index is 1.39. The highest BCUT2D eigenvalue weighted by Gasteiger charge is 2.56. The Bertz CT molecular complexity index is 794. The van der Waals surface area contributed by atoms with Gasteiger partial charge in [0.05, 0.1) is 0 Å². The van der Waals surface area contributed by atoms with Gasteiger partial charge in [0.2, 0.25) is 0 Å². The van der Waals surface area contributed by atoms with Crippen LogP contribution in [0.25, 0.3) is 0 Å². The molecule has 0 spiro atoms. The van der Waals surface area contributed by atoms with E-state index in [9.17, 15) is 4.79 Å². The molecule has 2 heteroatoms. The van der Waals surface area contributed by atoms with Crippen molar-refractivity contribution >= 4 is 17.5 Å². The Labute approximate surface area is 167 Å². The van der Waals surface area contributed by atoms with Crippen molar-refractivity contribution in [1.29, 1.82) is 0 Å². The molecule has 1 aromatic carbocycles. The molecular weight excluding hydrogens is 348 g/mol. The van der Waals surface area contributed by atoms with Crippen molar-refractivity contribution in [2.75, 3.05) is 5.75 Å². The molecule has 1 aromatic rings. The van der Waals surface area contributed by atoms with Gasteiger partial charge in [0.15, 0.2) is 5.78 Å². The van der Waals surface area contributed by atoms with E-state index >= 15 is 0 Å². The number of ketones is 1. The number of carbonyl (C=O) groups is 1. The quantitative estimate of drug-likeness (QED) is 0.562. The molecule has 3 saturated carbocycles. The van der Waals surface area contributed by atoms with Crippen molar-refractivity contribution in [3.8, 4) is 0 Å². The summed E-state index contributed by atoms with van der Waals surface area (Å²) in [6.45, 7) is 2.42. The second-order valence-electron chi connectivity index (χ2n) is 9.50. The molecule has 0 N–H and O–H groups in total. The highest BCUT2D eigenvalue weighted by atomic mass is 32.2. The van der Waals surface area contributed by atoms with Gasteiger partial charge in [-0.3, -0.25) is 4.79 Å². The minimum Gasteiger partial charge on any atom is -0.290 e. The van der Waals surface area contributed by atoms with Gasteiger partial charge in [0.25, 0.3) is 0 Å². The number of allylic oxidation sites excluding steroid dienone is 4. The Morgan fingerprint density at radius 3 is 2.78 bits per heavy atom. The van der Waals surface area contributed by atoms with Crippen LogP contribution in [-0.2, 0) is 4.79 Å². The zero-order valence-electron chi connectivity index (χ0n) is 16.3. The Hall–Kier alpha value is -1.28. The summed E-state index contributed by atoms with van der Waals surface area (Å²) in [6, 6.07) is 11.0. The van der Waals surface area contributed by atoms with Crippen LogP contribution in [0.3, 0.4) is 0 Å². The minimum atomic E-state index is 0.137. The largest absolute Gasteiger partial charge is 0.290 e. The van der Waals surface area contributed by atoms with Gasteiger partial charge in [-0.2, -0.15) is 0 Å². The van der Waals surface area contributed by atoms with Crippen molar-refractivity contribution in [2.24, 2.45) is 28.6 Å². The fraction of sp³-hybridized carbons (Fsp3) is 0.560. The molecule has 5 atom stereocenters. The molecule has 142 valence electrons. The summed E-state index contributed by atoms with van der Waals surface area (Å²) in [6.07, 6.45) is 15.5. The van der Waals surface area contributed by atoms with Gasteiger partial charge in [-0.1, -0.05) is 43.2 Å². The lowest BCUT2D eigenvalue weighted by atomic mass is 9.48. The monoisotopic (exact) mass is 378 g/mol. The molecule has 5 rings (SSSR count). The third kappa shape index (κ3) is 2.87. The van der Waals surface area contributed by atoms with Crippen LogP contribution in [0.1, 0.15) is 51.9 Å². The van der Waals surface area contributed by atoms with Gasteiger partial charge in [0, 0.05) is 16.1 Å². The van der Waals surface area contributed by atoms with Gasteiger partial charge in [-0.15, -0.1) is 11.8 Å². The van der Waals surface area contributed by atoms with E-state index in [1.165, 1.54) is 54.7 Å². The lowest BCUT2D eigenvalue weighted by molar-refractivity contribution is -0.111. The van der Waals surface area contributed by atoms with Gasteiger partial charge in [-0.05, 0) is 86.0 Å². The maximum atomic E-state index is 11.9. The number of thioether (sulfide) groups is 1. The van der Waals surface area contributed by atoms with Crippen molar-refractivity contribution < 1.29 is 4.79 Å². The van der Waals surface area contributed by atoms with Crippen LogP contribution < -0.4 is 0 Å². The molecule has 4 aliphatic carbocycles. The molecule has 0 amide bonds. The summed E-state index contributed by atoms with van der Waals surface area (Å²) < 4.78 is 0. The molecule has 0 aromatic heterocycles. The van der Waals surface area contributed by atoms with Crippen LogP contribution in [-0.4, -0.2) is 11.5 Å². The second-order valence-corrected chi connectivity index (χ2v) is 10.5. The van der Waals surface area contributed by atoms with Crippen molar-refractivity contribution in [1.82, 2.24) is 0 Å². The van der Waals surface area contributed by atoms with E-state index in [2.05, 4.69) is 55.1 Å². The lowest BCUT2D eigenvalue weighted by Crippen LogP contribution is -2.49. The van der Waals surface area contributed by atoms with E-state index in [1.54, 1.807) is 0 Å². The number of fused-ring (bicyclic) bond motifs is 5. The van der Waals surface area contributed by atoms with E-state index in [0.717, 1.165) is 24.2 Å². The standard InChI is InChI=1S/C25H30OS/c1-24-14-11-19(26)16-18(24)9-10-21-22(24)12-15-25(13-5-8-23(21)25)17-27-20-6-3-2-4-7-20/h2-4,6-7,11,14,16,21-23H,5,8-10,12-13,15,17H2,1H3/t21-,22+,23+,24+,25+/m1/s1. The first kappa shape index (κ1) is 17.8. The summed E-state index contributed by atoms with van der Waals surface area (Å²) >= 11 is 2.09. The number of hydrogen-bond acceptors (Lipinski definition) is 2. The molecule has 3 fully saturated rings. The Kier molecular flexibility index (Phi) is 4.39. The number of benzene rings is 1. The molecule has 27 heavy (non-hydrogen) atoms. The van der Waals surface area contributed by atoms with Gasteiger partial charge < -0.3 is 0 Å². The summed E-state index contributed by atoms with van der Waals surface area (Å²) in [5.41, 5.74) is 2.10. The first-order valence-electron chi connectivity index (χ1n) is 10.7. The van der Waals surface area contributed by atoms with Gasteiger partial charge in [-0.25, -0.2) is 0 Å². The van der Waals surface area contributed by atoms with E-state index < -0.39 is 0 Å². The fourth-order valence-corrected chi connectivity index (χ4v) is 8.29. The zero-order valence-corrected chi connectivity index (χ0v) is 17.1. The molecule has 0 unspecified atom stereocenters. The Morgan fingerprint density at radius 2 is 1.93 bits per heavy atom. The molecule has 0 heterocycles. The van der Waals surface area contributed by atoms with E-state index in [1.807, 2.05) is 12.2 Å². The molecule has 0 aliphatic heterocycles. The van der Waals surface area contributed by atoms with Crippen LogP contribution in [0.4, 0.5) is 0 Å². The van der Waals surface area contributed by atoms with Gasteiger partial charge in [0.1, 0.15) is 0 Å². The summed E-state index contributed by atoms with van der Waals surface area (Å²) in [7, 11) is 0.